The van der Waals surface area contributed by atoms with E-state index in [1.165, 1.54) is 0 Å². The summed E-state index contributed by atoms with van der Waals surface area (Å²) in [7, 11) is 1.64. The lowest BCUT2D eigenvalue weighted by Gasteiger charge is -2.34. The molecule has 1 saturated heterocycles. The predicted molar refractivity (Wildman–Crippen MR) is 107 cm³/mol. The Kier molecular flexibility index (Phi) is 8.23. The number of hydrogen-bond acceptors (Lipinski definition) is 4. The van der Waals surface area contributed by atoms with Gasteiger partial charge >= 0.3 is 0 Å². The van der Waals surface area contributed by atoms with Crippen molar-refractivity contribution in [1.29, 1.82) is 0 Å². The second kappa shape index (κ2) is 10.6. The number of piperidine rings is 1. The number of guanidine groups is 1. The van der Waals surface area contributed by atoms with Crippen molar-refractivity contribution < 1.29 is 14.3 Å². The lowest BCUT2D eigenvalue weighted by molar-refractivity contribution is -0.119. The summed E-state index contributed by atoms with van der Waals surface area (Å²) in [6.45, 7) is 7.68. The summed E-state index contributed by atoms with van der Waals surface area (Å²) >= 11 is 0. The number of nitrogens with zero attached hydrogens (tertiary/aromatic N) is 2. The average molecular weight is 377 g/mol. The van der Waals surface area contributed by atoms with Gasteiger partial charge in [0.1, 0.15) is 0 Å². The van der Waals surface area contributed by atoms with Gasteiger partial charge in [-0.25, -0.2) is 4.99 Å². The van der Waals surface area contributed by atoms with E-state index >= 15 is 0 Å². The molecule has 150 valence electrons. The van der Waals surface area contributed by atoms with Crippen molar-refractivity contribution in [2.75, 3.05) is 33.4 Å². The number of aliphatic imine (C=N–C) groups is 1. The lowest BCUT2D eigenvalue weighted by Crippen LogP contribution is -2.47. The summed E-state index contributed by atoms with van der Waals surface area (Å²) < 4.78 is 11.0. The molecule has 1 unspecified atom stereocenters. The van der Waals surface area contributed by atoms with E-state index in [-0.39, 0.29) is 5.91 Å². The summed E-state index contributed by atoms with van der Waals surface area (Å²) in [6, 6.07) is 5.88. The number of nitrogens with two attached hydrogens (primary N) is 1. The molecule has 0 radical (unpaired) electrons. The molecule has 1 aromatic rings. The molecule has 1 atom stereocenters. The minimum Gasteiger partial charge on any atom is -0.493 e. The van der Waals surface area contributed by atoms with E-state index in [4.69, 9.17) is 20.2 Å². The van der Waals surface area contributed by atoms with Crippen molar-refractivity contribution in [3.05, 3.63) is 23.8 Å². The van der Waals surface area contributed by atoms with Gasteiger partial charge in [0.25, 0.3) is 0 Å². The monoisotopic (exact) mass is 376 g/mol. The molecule has 1 aliphatic heterocycles. The van der Waals surface area contributed by atoms with Gasteiger partial charge < -0.3 is 25.4 Å². The van der Waals surface area contributed by atoms with Crippen LogP contribution in [0.2, 0.25) is 0 Å². The molecule has 0 saturated carbocycles. The molecule has 2 rings (SSSR count). The minimum atomic E-state index is -0.231. The Morgan fingerprint density at radius 2 is 2.19 bits per heavy atom. The van der Waals surface area contributed by atoms with Crippen LogP contribution in [0, 0.1) is 5.92 Å². The predicted octanol–water partition coefficient (Wildman–Crippen LogP) is 2.15. The second-order valence-electron chi connectivity index (χ2n) is 6.71. The highest BCUT2D eigenvalue weighted by molar-refractivity contribution is 5.80. The van der Waals surface area contributed by atoms with Crippen molar-refractivity contribution in [2.45, 2.75) is 39.7 Å². The van der Waals surface area contributed by atoms with Crippen LogP contribution < -0.4 is 20.5 Å². The highest BCUT2D eigenvalue weighted by Gasteiger charge is 2.23. The largest absolute Gasteiger partial charge is 0.493 e. The van der Waals surface area contributed by atoms with E-state index in [1.54, 1.807) is 7.11 Å². The number of benzene rings is 1. The molecule has 1 fully saturated rings. The Morgan fingerprint density at radius 1 is 1.37 bits per heavy atom. The van der Waals surface area contributed by atoms with Crippen LogP contribution in [-0.4, -0.2) is 50.1 Å². The summed E-state index contributed by atoms with van der Waals surface area (Å²) in [6.07, 6.45) is 2.51. The fourth-order valence-corrected chi connectivity index (χ4v) is 3.39. The van der Waals surface area contributed by atoms with E-state index < -0.39 is 0 Å². The molecule has 27 heavy (non-hydrogen) atoms. The molecule has 7 nitrogen and oxygen atoms in total. The molecule has 3 N–H and O–H groups in total. The van der Waals surface area contributed by atoms with Crippen LogP contribution in [0.25, 0.3) is 0 Å². The van der Waals surface area contributed by atoms with Gasteiger partial charge in [-0.1, -0.05) is 6.07 Å². The molecule has 1 aromatic carbocycles. The first-order valence-corrected chi connectivity index (χ1v) is 9.68. The molecule has 1 amide bonds. The summed E-state index contributed by atoms with van der Waals surface area (Å²) in [5.74, 6) is 2.40. The van der Waals surface area contributed by atoms with Crippen molar-refractivity contribution in [3.8, 4) is 11.5 Å². The lowest BCUT2D eigenvalue weighted by atomic mass is 9.95. The molecular formula is C20H32N4O3. The quantitative estimate of drug-likeness (QED) is 0.536. The SMILES string of the molecule is CCNC(=NCc1ccc(OC)c(OCC)c1)N1CCCC(CC(N)=O)C1. The molecule has 0 aliphatic carbocycles. The minimum absolute atomic E-state index is 0.231. The highest BCUT2D eigenvalue weighted by Crippen LogP contribution is 2.28. The van der Waals surface area contributed by atoms with Crippen LogP contribution in [-0.2, 0) is 11.3 Å². The van der Waals surface area contributed by atoms with Gasteiger partial charge in [-0.2, -0.15) is 0 Å². The zero-order chi connectivity index (χ0) is 19.6. The number of rotatable bonds is 8. The van der Waals surface area contributed by atoms with Gasteiger partial charge in [0.2, 0.25) is 5.91 Å². The molecule has 7 heteroatoms. The van der Waals surface area contributed by atoms with Crippen molar-refractivity contribution in [3.63, 3.8) is 0 Å². The number of amides is 1. The molecule has 0 bridgehead atoms. The second-order valence-corrected chi connectivity index (χ2v) is 6.71. The van der Waals surface area contributed by atoms with Gasteiger partial charge in [0.05, 0.1) is 20.3 Å². The van der Waals surface area contributed by atoms with E-state index in [0.717, 1.165) is 55.5 Å². The number of ether oxygens (including phenoxy) is 2. The summed E-state index contributed by atoms with van der Waals surface area (Å²) in [5, 5.41) is 3.36. The first-order valence-electron chi connectivity index (χ1n) is 9.68. The van der Waals surface area contributed by atoms with Gasteiger partial charge in [-0.3, -0.25) is 4.79 Å². The van der Waals surface area contributed by atoms with Crippen LogP contribution in [0.3, 0.4) is 0 Å². The number of hydrogen-bond donors (Lipinski definition) is 2. The Labute approximate surface area is 161 Å². The van der Waals surface area contributed by atoms with Crippen LogP contribution in [0.5, 0.6) is 11.5 Å². The van der Waals surface area contributed by atoms with E-state index in [9.17, 15) is 4.79 Å². The third-order valence-corrected chi connectivity index (χ3v) is 4.58. The fraction of sp³-hybridized carbons (Fsp3) is 0.600. The van der Waals surface area contributed by atoms with Crippen LogP contribution in [0.4, 0.5) is 0 Å². The first-order chi connectivity index (χ1) is 13.1. The standard InChI is InChI=1S/C20H32N4O3/c1-4-22-20(24-10-6-7-16(14-24)12-19(21)25)23-13-15-8-9-17(26-3)18(11-15)27-5-2/h8-9,11,16H,4-7,10,12-14H2,1-3H3,(H2,21,25)(H,22,23). The fourth-order valence-electron chi connectivity index (χ4n) is 3.39. The maximum absolute atomic E-state index is 11.3. The molecule has 0 spiro atoms. The van der Waals surface area contributed by atoms with Gasteiger partial charge in [-0.15, -0.1) is 0 Å². The Hall–Kier alpha value is -2.44. The Bertz CT molecular complexity index is 648. The van der Waals surface area contributed by atoms with Gasteiger partial charge in [0, 0.05) is 26.1 Å². The van der Waals surface area contributed by atoms with Crippen LogP contribution in [0.15, 0.2) is 23.2 Å². The number of carbonyl (C=O) groups is 1. The Balaban J connectivity index is 2.10. The van der Waals surface area contributed by atoms with Crippen molar-refractivity contribution >= 4 is 11.9 Å². The summed E-state index contributed by atoms with van der Waals surface area (Å²) in [5.41, 5.74) is 6.43. The molecular weight excluding hydrogens is 344 g/mol. The number of primary amides is 1. The van der Waals surface area contributed by atoms with Gasteiger partial charge in [0.15, 0.2) is 17.5 Å². The molecule has 0 aromatic heterocycles. The Morgan fingerprint density at radius 3 is 2.85 bits per heavy atom. The molecule has 1 aliphatic rings. The zero-order valence-corrected chi connectivity index (χ0v) is 16.7. The molecule has 1 heterocycles. The smallest absolute Gasteiger partial charge is 0.217 e. The van der Waals surface area contributed by atoms with Crippen molar-refractivity contribution in [2.24, 2.45) is 16.6 Å². The normalized spacial score (nSPS) is 17.5. The van der Waals surface area contributed by atoms with Crippen molar-refractivity contribution in [1.82, 2.24) is 10.2 Å². The maximum Gasteiger partial charge on any atom is 0.217 e. The van der Waals surface area contributed by atoms with E-state index in [1.807, 2.05) is 25.1 Å². The summed E-state index contributed by atoms with van der Waals surface area (Å²) in [4.78, 5) is 18.3. The topological polar surface area (TPSA) is 89.2 Å². The number of methoxy groups -OCH3 is 1. The zero-order valence-electron chi connectivity index (χ0n) is 16.7. The maximum atomic E-state index is 11.3. The number of nitrogens with one attached hydrogen (secondary N) is 1. The van der Waals surface area contributed by atoms with Crippen LogP contribution >= 0.6 is 0 Å². The number of likely N-dealkylation sites (tertiary alicyclic amines) is 1. The highest BCUT2D eigenvalue weighted by atomic mass is 16.5. The van der Waals surface area contributed by atoms with E-state index in [2.05, 4.69) is 17.1 Å². The number of carbonyl (C=O) groups excluding carboxylic acids is 1. The van der Waals surface area contributed by atoms with Gasteiger partial charge in [-0.05, 0) is 50.3 Å². The third-order valence-electron chi connectivity index (χ3n) is 4.58. The third kappa shape index (κ3) is 6.34. The van der Waals surface area contributed by atoms with Crippen LogP contribution in [0.1, 0.15) is 38.7 Å². The van der Waals surface area contributed by atoms with E-state index in [0.29, 0.717) is 25.5 Å². The first kappa shape index (κ1) is 20.9. The average Bonchev–Trinajstić information content (AvgIpc) is 2.65.